The largest absolute Gasteiger partial charge is 0.308 e. The zero-order chi connectivity index (χ0) is 14.8. The minimum absolute atomic E-state index is 0.638. The Morgan fingerprint density at radius 2 is 1.90 bits per heavy atom. The van der Waals surface area contributed by atoms with Crippen LogP contribution < -0.4 is 11.3 Å². The van der Waals surface area contributed by atoms with E-state index < -0.39 is 0 Å². The van der Waals surface area contributed by atoms with Gasteiger partial charge in [0.2, 0.25) is 0 Å². The molecule has 2 aromatic heterocycles. The van der Waals surface area contributed by atoms with Crippen molar-refractivity contribution >= 4 is 33.1 Å². The van der Waals surface area contributed by atoms with Crippen LogP contribution >= 0.6 is 27.3 Å². The van der Waals surface area contributed by atoms with Crippen LogP contribution in [0.25, 0.3) is 22.0 Å². The minimum Gasteiger partial charge on any atom is -0.308 e. The SMILES string of the molecule is Cc1c(NN)nc(-c2sccc2Br)nc1-c1ccccc1. The molecular weight excluding hydrogens is 348 g/mol. The monoisotopic (exact) mass is 360 g/mol. The first kappa shape index (κ1) is 14.2. The van der Waals surface area contributed by atoms with Gasteiger partial charge in [0, 0.05) is 15.6 Å². The lowest BCUT2D eigenvalue weighted by Gasteiger charge is -2.12. The number of thiophene rings is 1. The Morgan fingerprint density at radius 1 is 1.14 bits per heavy atom. The van der Waals surface area contributed by atoms with Crippen LogP contribution in [0.1, 0.15) is 5.56 Å². The quantitative estimate of drug-likeness (QED) is 0.541. The number of hydrogen-bond donors (Lipinski definition) is 2. The number of nitrogens with two attached hydrogens (primary N) is 1. The van der Waals surface area contributed by atoms with Gasteiger partial charge in [-0.05, 0) is 34.3 Å². The second kappa shape index (κ2) is 5.93. The normalized spacial score (nSPS) is 10.6. The smallest absolute Gasteiger partial charge is 0.173 e. The molecule has 0 spiro atoms. The number of rotatable bonds is 3. The number of nitrogens with one attached hydrogen (secondary N) is 1. The number of nitrogen functional groups attached to an aromatic ring is 1. The number of aromatic nitrogens is 2. The van der Waals surface area contributed by atoms with E-state index in [1.54, 1.807) is 11.3 Å². The first-order chi connectivity index (χ1) is 10.2. The van der Waals surface area contributed by atoms with Crippen LogP contribution in [0.15, 0.2) is 46.3 Å². The van der Waals surface area contributed by atoms with Crippen LogP contribution in [0.5, 0.6) is 0 Å². The van der Waals surface area contributed by atoms with Crippen molar-refractivity contribution in [1.82, 2.24) is 9.97 Å². The van der Waals surface area contributed by atoms with Gasteiger partial charge in [-0.3, -0.25) is 0 Å². The third-order valence-corrected chi connectivity index (χ3v) is 4.98. The highest BCUT2D eigenvalue weighted by molar-refractivity contribution is 9.10. The molecule has 2 heterocycles. The Hall–Kier alpha value is -1.76. The highest BCUT2D eigenvalue weighted by Crippen LogP contribution is 2.34. The van der Waals surface area contributed by atoms with Crippen molar-refractivity contribution in [3.63, 3.8) is 0 Å². The molecule has 3 N–H and O–H groups in total. The van der Waals surface area contributed by atoms with Gasteiger partial charge in [0.25, 0.3) is 0 Å². The fourth-order valence-corrected chi connectivity index (χ4v) is 3.57. The molecule has 3 rings (SSSR count). The molecule has 0 fully saturated rings. The van der Waals surface area contributed by atoms with Gasteiger partial charge in [-0.25, -0.2) is 15.8 Å². The van der Waals surface area contributed by atoms with Crippen molar-refractivity contribution in [3.05, 3.63) is 51.8 Å². The summed E-state index contributed by atoms with van der Waals surface area (Å²) in [5, 5.41) is 2.00. The summed E-state index contributed by atoms with van der Waals surface area (Å²) in [6.07, 6.45) is 0. The first-order valence-electron chi connectivity index (χ1n) is 6.34. The molecule has 1 aromatic carbocycles. The van der Waals surface area contributed by atoms with Crippen LogP contribution in [0.3, 0.4) is 0 Å². The van der Waals surface area contributed by atoms with Crippen molar-refractivity contribution in [1.29, 1.82) is 0 Å². The first-order valence-corrected chi connectivity index (χ1v) is 8.02. The molecule has 0 saturated heterocycles. The number of nitrogens with zero attached hydrogens (tertiary/aromatic N) is 2. The van der Waals surface area contributed by atoms with Gasteiger partial charge in [0.05, 0.1) is 10.6 Å². The standard InChI is InChI=1S/C15H13BrN4S/c1-9-12(10-5-3-2-4-6-10)18-15(19-14(9)20-17)13-11(16)7-8-21-13/h2-8H,17H2,1H3,(H,18,19,20). The minimum atomic E-state index is 0.638. The molecule has 0 bridgehead atoms. The predicted molar refractivity (Wildman–Crippen MR) is 91.0 cm³/mol. The molecule has 4 nitrogen and oxygen atoms in total. The lowest BCUT2D eigenvalue weighted by molar-refractivity contribution is 1.12. The third kappa shape index (κ3) is 2.70. The van der Waals surface area contributed by atoms with E-state index in [1.165, 1.54) is 0 Å². The summed E-state index contributed by atoms with van der Waals surface area (Å²) in [6, 6.07) is 12.0. The summed E-state index contributed by atoms with van der Waals surface area (Å²) in [4.78, 5) is 10.2. The topological polar surface area (TPSA) is 63.8 Å². The fraction of sp³-hybridized carbons (Fsp3) is 0.0667. The van der Waals surface area contributed by atoms with Crippen LogP contribution in [-0.2, 0) is 0 Å². The summed E-state index contributed by atoms with van der Waals surface area (Å²) < 4.78 is 0.985. The van der Waals surface area contributed by atoms with E-state index in [1.807, 2.05) is 48.7 Å². The highest BCUT2D eigenvalue weighted by atomic mass is 79.9. The van der Waals surface area contributed by atoms with E-state index in [2.05, 4.69) is 26.3 Å². The van der Waals surface area contributed by atoms with Crippen LogP contribution in [-0.4, -0.2) is 9.97 Å². The number of benzene rings is 1. The zero-order valence-corrected chi connectivity index (χ0v) is 13.7. The fourth-order valence-electron chi connectivity index (χ4n) is 2.09. The lowest BCUT2D eigenvalue weighted by atomic mass is 10.1. The van der Waals surface area contributed by atoms with Crippen molar-refractivity contribution in [2.75, 3.05) is 5.43 Å². The van der Waals surface area contributed by atoms with E-state index in [-0.39, 0.29) is 0 Å². The Bertz CT molecular complexity index is 771. The van der Waals surface area contributed by atoms with Gasteiger partial charge in [-0.1, -0.05) is 30.3 Å². The van der Waals surface area contributed by atoms with E-state index in [0.29, 0.717) is 11.6 Å². The van der Waals surface area contributed by atoms with Gasteiger partial charge in [0.1, 0.15) is 5.82 Å². The molecule has 0 aliphatic rings. The van der Waals surface area contributed by atoms with Crippen molar-refractivity contribution < 1.29 is 0 Å². The van der Waals surface area contributed by atoms with E-state index in [4.69, 9.17) is 10.8 Å². The van der Waals surface area contributed by atoms with Gasteiger partial charge < -0.3 is 5.43 Å². The average molecular weight is 361 g/mol. The Kier molecular flexibility index (Phi) is 4.01. The summed E-state index contributed by atoms with van der Waals surface area (Å²) in [5.41, 5.74) is 5.52. The molecule has 0 aliphatic carbocycles. The number of halogens is 1. The van der Waals surface area contributed by atoms with E-state index in [0.717, 1.165) is 26.2 Å². The molecule has 0 saturated carbocycles. The predicted octanol–water partition coefficient (Wildman–Crippen LogP) is 4.23. The van der Waals surface area contributed by atoms with Crippen LogP contribution in [0.2, 0.25) is 0 Å². The van der Waals surface area contributed by atoms with Gasteiger partial charge in [-0.2, -0.15) is 0 Å². The van der Waals surface area contributed by atoms with E-state index >= 15 is 0 Å². The number of hydrazine groups is 1. The molecule has 3 aromatic rings. The summed E-state index contributed by atoms with van der Waals surface area (Å²) in [7, 11) is 0. The maximum atomic E-state index is 5.61. The molecule has 6 heteroatoms. The third-order valence-electron chi connectivity index (χ3n) is 3.15. The lowest BCUT2D eigenvalue weighted by Crippen LogP contribution is -2.12. The maximum Gasteiger partial charge on any atom is 0.173 e. The zero-order valence-electron chi connectivity index (χ0n) is 11.3. The van der Waals surface area contributed by atoms with Crippen molar-refractivity contribution in [3.8, 4) is 22.0 Å². The molecule has 0 amide bonds. The molecular formula is C15H13BrN4S. The second-order valence-electron chi connectivity index (χ2n) is 4.48. The maximum absolute atomic E-state index is 5.61. The van der Waals surface area contributed by atoms with Gasteiger partial charge >= 0.3 is 0 Å². The Labute approximate surface area is 135 Å². The molecule has 21 heavy (non-hydrogen) atoms. The van der Waals surface area contributed by atoms with Gasteiger partial charge in [0.15, 0.2) is 5.82 Å². The van der Waals surface area contributed by atoms with Gasteiger partial charge in [-0.15, -0.1) is 11.3 Å². The summed E-state index contributed by atoms with van der Waals surface area (Å²) in [6.45, 7) is 1.96. The molecule has 0 radical (unpaired) electrons. The van der Waals surface area contributed by atoms with Crippen molar-refractivity contribution in [2.45, 2.75) is 6.92 Å². The van der Waals surface area contributed by atoms with Crippen LogP contribution in [0.4, 0.5) is 5.82 Å². The van der Waals surface area contributed by atoms with E-state index in [9.17, 15) is 0 Å². The number of anilines is 1. The van der Waals surface area contributed by atoms with Crippen LogP contribution in [0, 0.1) is 6.92 Å². The van der Waals surface area contributed by atoms with Crippen molar-refractivity contribution in [2.24, 2.45) is 5.84 Å². The Morgan fingerprint density at radius 3 is 2.52 bits per heavy atom. The molecule has 106 valence electrons. The molecule has 0 unspecified atom stereocenters. The molecule has 0 aliphatic heterocycles. The molecule has 0 atom stereocenters. The number of hydrogen-bond acceptors (Lipinski definition) is 5. The Balaban J connectivity index is 2.23. The summed E-state index contributed by atoms with van der Waals surface area (Å²) >= 11 is 5.12. The summed E-state index contributed by atoms with van der Waals surface area (Å²) in [5.74, 6) is 6.91. The second-order valence-corrected chi connectivity index (χ2v) is 6.25. The highest BCUT2D eigenvalue weighted by Gasteiger charge is 2.15. The average Bonchev–Trinajstić information content (AvgIpc) is 2.94.